The van der Waals surface area contributed by atoms with Gasteiger partial charge in [-0.1, -0.05) is 6.07 Å². The minimum Gasteiger partial charge on any atom is -0.451 e. The quantitative estimate of drug-likeness (QED) is 0.509. The van der Waals surface area contributed by atoms with Crippen LogP contribution in [-0.2, 0) is 16.0 Å². The predicted octanol–water partition coefficient (Wildman–Crippen LogP) is 1.50. The largest absolute Gasteiger partial charge is 0.451 e. The first-order chi connectivity index (χ1) is 12.0. The number of aromatic nitrogens is 1. The van der Waals surface area contributed by atoms with Crippen LogP contribution in [0.25, 0.3) is 0 Å². The second-order valence-electron chi connectivity index (χ2n) is 5.07. The molecule has 0 fully saturated rings. The van der Waals surface area contributed by atoms with Crippen molar-refractivity contribution in [3.63, 3.8) is 0 Å². The molecule has 25 heavy (non-hydrogen) atoms. The van der Waals surface area contributed by atoms with Crippen LogP contribution in [0.2, 0.25) is 0 Å². The second-order valence-corrected chi connectivity index (χ2v) is 6.10. The number of urea groups is 1. The molecule has 0 saturated carbocycles. The molecule has 3 amide bonds. The van der Waals surface area contributed by atoms with E-state index < -0.39 is 24.5 Å². The zero-order chi connectivity index (χ0) is 18.2. The van der Waals surface area contributed by atoms with Crippen molar-refractivity contribution in [3.8, 4) is 0 Å². The van der Waals surface area contributed by atoms with Crippen molar-refractivity contribution in [2.75, 3.05) is 13.2 Å². The number of thiophene rings is 1. The summed E-state index contributed by atoms with van der Waals surface area (Å²) in [7, 11) is 0. The van der Waals surface area contributed by atoms with E-state index in [4.69, 9.17) is 4.74 Å². The molecule has 0 radical (unpaired) electrons. The zero-order valence-corrected chi connectivity index (χ0v) is 14.3. The summed E-state index contributed by atoms with van der Waals surface area (Å²) < 4.78 is 4.78. The summed E-state index contributed by atoms with van der Waals surface area (Å²) in [6.07, 6.45) is 2.04. The Hall–Kier alpha value is -2.94. The second kappa shape index (κ2) is 8.78. The first kappa shape index (κ1) is 18.4. The summed E-state index contributed by atoms with van der Waals surface area (Å²) in [4.78, 5) is 49.7. The number of hydrogen-bond donors (Lipinski definition) is 3. The van der Waals surface area contributed by atoms with Crippen molar-refractivity contribution in [2.45, 2.75) is 13.3 Å². The maximum absolute atomic E-state index is 11.7. The van der Waals surface area contributed by atoms with Crippen molar-refractivity contribution in [2.24, 2.45) is 0 Å². The number of aromatic amines is 1. The highest BCUT2D eigenvalue weighted by Gasteiger charge is 2.15. The van der Waals surface area contributed by atoms with Gasteiger partial charge in [-0.3, -0.25) is 14.9 Å². The predicted molar refractivity (Wildman–Crippen MR) is 90.6 cm³/mol. The topological polar surface area (TPSA) is 117 Å². The average Bonchev–Trinajstić information content (AvgIpc) is 3.24. The number of carbonyl (C=O) groups is 4. The lowest BCUT2D eigenvalue weighted by atomic mass is 10.2. The van der Waals surface area contributed by atoms with Crippen LogP contribution in [0.1, 0.15) is 32.6 Å². The molecule has 132 valence electrons. The molecule has 2 heterocycles. The molecule has 2 aromatic heterocycles. The van der Waals surface area contributed by atoms with Gasteiger partial charge in [-0.2, -0.15) is 0 Å². The molecule has 2 aromatic rings. The molecule has 0 spiro atoms. The minimum atomic E-state index is -0.791. The number of H-pyrrole nitrogens is 1. The Bertz CT molecular complexity index is 767. The smallest absolute Gasteiger partial charge is 0.355 e. The maximum atomic E-state index is 11.7. The summed E-state index contributed by atoms with van der Waals surface area (Å²) in [5, 5.41) is 6.54. The number of ketones is 1. The van der Waals surface area contributed by atoms with E-state index in [2.05, 4.69) is 15.6 Å². The van der Waals surface area contributed by atoms with E-state index >= 15 is 0 Å². The number of rotatable bonds is 7. The van der Waals surface area contributed by atoms with E-state index in [-0.39, 0.29) is 11.5 Å². The molecule has 0 aliphatic heterocycles. The van der Waals surface area contributed by atoms with E-state index in [0.29, 0.717) is 18.5 Å². The molecular formula is C16H17N3O5S. The third-order valence-corrected chi connectivity index (χ3v) is 4.07. The van der Waals surface area contributed by atoms with Gasteiger partial charge in [0.25, 0.3) is 5.91 Å². The number of ether oxygens (including phenoxy) is 1. The van der Waals surface area contributed by atoms with Gasteiger partial charge in [-0.25, -0.2) is 9.59 Å². The molecule has 3 N–H and O–H groups in total. The van der Waals surface area contributed by atoms with Crippen molar-refractivity contribution in [1.29, 1.82) is 0 Å². The SMILES string of the molecule is CC(=O)c1c[nH]c(C(=O)OCC(=O)NC(=O)NCCc2cccs2)c1. The summed E-state index contributed by atoms with van der Waals surface area (Å²) in [6.45, 7) is 1.14. The van der Waals surface area contributed by atoms with Crippen LogP contribution in [-0.4, -0.2) is 41.8 Å². The van der Waals surface area contributed by atoms with Crippen molar-refractivity contribution < 1.29 is 23.9 Å². The molecule has 0 aliphatic carbocycles. The summed E-state index contributed by atoms with van der Waals surface area (Å²) in [5.74, 6) is -1.74. The fourth-order valence-electron chi connectivity index (χ4n) is 1.89. The Morgan fingerprint density at radius 3 is 2.72 bits per heavy atom. The highest BCUT2D eigenvalue weighted by atomic mass is 32.1. The fraction of sp³-hybridized carbons (Fsp3) is 0.250. The maximum Gasteiger partial charge on any atom is 0.355 e. The number of amides is 3. The van der Waals surface area contributed by atoms with Crippen LogP contribution >= 0.6 is 11.3 Å². The Morgan fingerprint density at radius 2 is 2.08 bits per heavy atom. The van der Waals surface area contributed by atoms with Gasteiger partial charge in [-0.05, 0) is 30.9 Å². The van der Waals surface area contributed by atoms with E-state index in [1.54, 1.807) is 11.3 Å². The molecule has 2 rings (SSSR count). The molecule has 0 atom stereocenters. The van der Waals surface area contributed by atoms with E-state index in [0.717, 1.165) is 4.88 Å². The zero-order valence-electron chi connectivity index (χ0n) is 13.5. The molecule has 0 saturated heterocycles. The highest BCUT2D eigenvalue weighted by Crippen LogP contribution is 2.08. The van der Waals surface area contributed by atoms with Crippen molar-refractivity contribution in [3.05, 3.63) is 45.9 Å². The molecule has 0 bridgehead atoms. The summed E-state index contributed by atoms with van der Waals surface area (Å²) in [5.41, 5.74) is 0.389. The molecule has 9 heteroatoms. The molecule has 0 aliphatic rings. The van der Waals surface area contributed by atoms with Crippen LogP contribution in [0, 0.1) is 0 Å². The van der Waals surface area contributed by atoms with Gasteiger partial charge in [0.05, 0.1) is 0 Å². The number of hydrogen-bond acceptors (Lipinski definition) is 6. The average molecular weight is 363 g/mol. The van der Waals surface area contributed by atoms with E-state index in [9.17, 15) is 19.2 Å². The Kier molecular flexibility index (Phi) is 6.47. The van der Waals surface area contributed by atoms with E-state index in [1.807, 2.05) is 17.5 Å². The van der Waals surface area contributed by atoms with Crippen LogP contribution in [0.15, 0.2) is 29.8 Å². The number of nitrogens with one attached hydrogen (secondary N) is 3. The standard InChI is InChI=1S/C16H17N3O5S/c1-10(20)11-7-13(18-8-11)15(22)24-9-14(21)19-16(23)17-5-4-12-3-2-6-25-12/h2-3,6-8,18H,4-5,9H2,1H3,(H2,17,19,21,23). The monoisotopic (exact) mass is 363 g/mol. The summed E-state index contributed by atoms with van der Waals surface area (Å²) >= 11 is 1.58. The fourth-order valence-corrected chi connectivity index (χ4v) is 2.59. The van der Waals surface area contributed by atoms with Gasteiger partial charge >= 0.3 is 12.0 Å². The molecule has 0 aromatic carbocycles. The van der Waals surface area contributed by atoms with Crippen molar-refractivity contribution in [1.82, 2.24) is 15.6 Å². The van der Waals surface area contributed by atoms with Crippen LogP contribution in [0.3, 0.4) is 0 Å². The Morgan fingerprint density at radius 1 is 1.28 bits per heavy atom. The number of carbonyl (C=O) groups excluding carboxylic acids is 4. The molecular weight excluding hydrogens is 346 g/mol. The van der Waals surface area contributed by atoms with Gasteiger partial charge in [-0.15, -0.1) is 11.3 Å². The number of Topliss-reactive ketones (excluding diaryl/α,β-unsaturated/α-hetero) is 1. The van der Waals surface area contributed by atoms with Gasteiger partial charge in [0, 0.05) is 23.2 Å². The van der Waals surface area contributed by atoms with Gasteiger partial charge in [0.15, 0.2) is 12.4 Å². The Balaban J connectivity index is 1.67. The Labute approximate surface area is 147 Å². The lowest BCUT2D eigenvalue weighted by Gasteiger charge is -2.06. The normalized spacial score (nSPS) is 10.1. The van der Waals surface area contributed by atoms with E-state index in [1.165, 1.54) is 19.2 Å². The molecule has 0 unspecified atom stereocenters. The third-order valence-electron chi connectivity index (χ3n) is 3.13. The van der Waals surface area contributed by atoms with Crippen LogP contribution in [0.5, 0.6) is 0 Å². The highest BCUT2D eigenvalue weighted by molar-refractivity contribution is 7.09. The lowest BCUT2D eigenvalue weighted by molar-refractivity contribution is -0.123. The summed E-state index contributed by atoms with van der Waals surface area (Å²) in [6, 6.07) is 4.55. The van der Waals surface area contributed by atoms with Crippen molar-refractivity contribution >= 4 is 35.0 Å². The van der Waals surface area contributed by atoms with Gasteiger partial charge in [0.2, 0.25) is 0 Å². The number of imide groups is 1. The minimum absolute atomic E-state index is 0.0541. The first-order valence-electron chi connectivity index (χ1n) is 7.42. The lowest BCUT2D eigenvalue weighted by Crippen LogP contribution is -2.42. The third kappa shape index (κ3) is 5.88. The van der Waals surface area contributed by atoms with Gasteiger partial charge in [0.1, 0.15) is 5.69 Å². The first-order valence-corrected chi connectivity index (χ1v) is 8.30. The number of esters is 1. The van der Waals surface area contributed by atoms with Gasteiger partial charge < -0.3 is 15.0 Å². The van der Waals surface area contributed by atoms with Crippen LogP contribution < -0.4 is 10.6 Å². The molecule has 8 nitrogen and oxygen atoms in total. The van der Waals surface area contributed by atoms with Crippen LogP contribution in [0.4, 0.5) is 4.79 Å².